The van der Waals surface area contributed by atoms with Crippen molar-refractivity contribution >= 4 is 28.5 Å². The van der Waals surface area contributed by atoms with Crippen LogP contribution in [0.3, 0.4) is 0 Å². The molecule has 160 valence electrons. The van der Waals surface area contributed by atoms with Crippen molar-refractivity contribution in [1.82, 2.24) is 0 Å². The van der Waals surface area contributed by atoms with Crippen molar-refractivity contribution in [3.8, 4) is 0 Å². The van der Waals surface area contributed by atoms with Gasteiger partial charge in [0.25, 0.3) is 0 Å². The summed E-state index contributed by atoms with van der Waals surface area (Å²) >= 11 is 1.30. The zero-order valence-corrected chi connectivity index (χ0v) is 19.1. The van der Waals surface area contributed by atoms with E-state index in [4.69, 9.17) is 4.74 Å². The lowest BCUT2D eigenvalue weighted by molar-refractivity contribution is -0.158. The van der Waals surface area contributed by atoms with Crippen LogP contribution in [0, 0.1) is 13.8 Å². The Morgan fingerprint density at radius 1 is 1.03 bits per heavy atom. The molecule has 4 rings (SSSR count). The number of aryl methyl sites for hydroxylation is 2. The average molecular weight is 433 g/mol. The van der Waals surface area contributed by atoms with Gasteiger partial charge in [-0.15, -0.1) is 0 Å². The molecule has 1 aliphatic heterocycles. The second-order valence-electron chi connectivity index (χ2n) is 8.50. The third-order valence-corrected chi connectivity index (χ3v) is 7.11. The summed E-state index contributed by atoms with van der Waals surface area (Å²) in [7, 11) is 0. The molecule has 0 bridgehead atoms. The predicted molar refractivity (Wildman–Crippen MR) is 127 cm³/mol. The molecule has 3 nitrogen and oxygen atoms in total. The van der Waals surface area contributed by atoms with Crippen LogP contribution >= 0.6 is 11.8 Å². The maximum absolute atomic E-state index is 13.0. The second-order valence-corrected chi connectivity index (χ2v) is 9.56. The van der Waals surface area contributed by atoms with Gasteiger partial charge < -0.3 is 9.84 Å². The van der Waals surface area contributed by atoms with Crippen molar-refractivity contribution in [2.75, 3.05) is 0 Å². The Hall–Kier alpha value is -2.72. The van der Waals surface area contributed by atoms with Crippen LogP contribution in [-0.4, -0.2) is 16.7 Å². The Balaban J connectivity index is 1.63. The number of fused-ring (bicyclic) bond motifs is 1. The minimum absolute atomic E-state index is 0.136. The Morgan fingerprint density at radius 3 is 2.55 bits per heavy atom. The standard InChI is InChI=1S/C27H28O3S/c1-4-13-27(16-20-11-12-21-7-5-6-8-22(21)15-20)17-23(28)25(26(29)30-27)31-24-14-18(2)9-10-19(24)3/h5-12,14-15,28H,4,13,16-17H2,1-3H3. The van der Waals surface area contributed by atoms with Crippen LogP contribution in [-0.2, 0) is 16.0 Å². The van der Waals surface area contributed by atoms with Crippen LogP contribution in [0.15, 0.2) is 76.2 Å². The van der Waals surface area contributed by atoms with E-state index in [2.05, 4.69) is 37.3 Å². The summed E-state index contributed by atoms with van der Waals surface area (Å²) in [6.07, 6.45) is 2.50. The molecule has 0 radical (unpaired) electrons. The molecule has 0 fully saturated rings. The number of thioether (sulfide) groups is 1. The van der Waals surface area contributed by atoms with Gasteiger partial charge in [-0.3, -0.25) is 0 Å². The molecule has 31 heavy (non-hydrogen) atoms. The molecule has 0 saturated heterocycles. The zero-order chi connectivity index (χ0) is 22.0. The quantitative estimate of drug-likeness (QED) is 0.424. The van der Waals surface area contributed by atoms with Crippen LogP contribution in [0.1, 0.15) is 42.9 Å². The maximum atomic E-state index is 13.0. The number of cyclic esters (lactones) is 1. The molecule has 1 aliphatic rings. The molecule has 3 aromatic carbocycles. The van der Waals surface area contributed by atoms with E-state index in [0.717, 1.165) is 28.0 Å². The highest BCUT2D eigenvalue weighted by Crippen LogP contribution is 2.42. The number of ether oxygens (including phenoxy) is 1. The predicted octanol–water partition coefficient (Wildman–Crippen LogP) is 7.05. The van der Waals surface area contributed by atoms with Gasteiger partial charge in [-0.25, -0.2) is 4.79 Å². The molecule has 4 heteroatoms. The first kappa shape index (κ1) is 21.5. The fourth-order valence-electron chi connectivity index (χ4n) is 4.31. The highest BCUT2D eigenvalue weighted by Gasteiger charge is 2.42. The summed E-state index contributed by atoms with van der Waals surface area (Å²) in [6.45, 7) is 6.11. The van der Waals surface area contributed by atoms with E-state index in [1.807, 2.05) is 44.2 Å². The van der Waals surface area contributed by atoms with Crippen molar-refractivity contribution in [3.63, 3.8) is 0 Å². The number of rotatable bonds is 6. The van der Waals surface area contributed by atoms with Gasteiger partial charge >= 0.3 is 5.97 Å². The Kier molecular flexibility index (Phi) is 6.10. The van der Waals surface area contributed by atoms with Gasteiger partial charge in [0.05, 0.1) is 0 Å². The van der Waals surface area contributed by atoms with Crippen LogP contribution in [0.2, 0.25) is 0 Å². The summed E-state index contributed by atoms with van der Waals surface area (Å²) in [5.74, 6) is -0.291. The van der Waals surface area contributed by atoms with E-state index in [0.29, 0.717) is 24.2 Å². The first-order chi connectivity index (χ1) is 14.9. The van der Waals surface area contributed by atoms with Crippen LogP contribution in [0.5, 0.6) is 0 Å². The Morgan fingerprint density at radius 2 is 1.81 bits per heavy atom. The van der Waals surface area contributed by atoms with E-state index in [1.54, 1.807) is 0 Å². The summed E-state index contributed by atoms with van der Waals surface area (Å²) in [4.78, 5) is 14.3. The maximum Gasteiger partial charge on any atom is 0.349 e. The van der Waals surface area contributed by atoms with E-state index in [1.165, 1.54) is 22.5 Å². The molecule has 0 aromatic heterocycles. The van der Waals surface area contributed by atoms with E-state index in [-0.39, 0.29) is 5.76 Å². The van der Waals surface area contributed by atoms with Crippen LogP contribution in [0.25, 0.3) is 10.8 Å². The van der Waals surface area contributed by atoms with Gasteiger partial charge in [-0.2, -0.15) is 0 Å². The molecule has 1 unspecified atom stereocenters. The van der Waals surface area contributed by atoms with Crippen LogP contribution < -0.4 is 0 Å². The summed E-state index contributed by atoms with van der Waals surface area (Å²) in [6, 6.07) is 20.7. The average Bonchev–Trinajstić information content (AvgIpc) is 2.73. The number of aliphatic hydroxyl groups is 1. The molecular formula is C27H28O3S. The van der Waals surface area contributed by atoms with E-state index in [9.17, 15) is 9.90 Å². The minimum atomic E-state index is -0.718. The van der Waals surface area contributed by atoms with Gasteiger partial charge in [0, 0.05) is 17.7 Å². The van der Waals surface area contributed by atoms with Crippen molar-refractivity contribution in [2.45, 2.75) is 57.0 Å². The lowest BCUT2D eigenvalue weighted by Gasteiger charge is -2.37. The first-order valence-corrected chi connectivity index (χ1v) is 11.6. The van der Waals surface area contributed by atoms with Crippen molar-refractivity contribution in [1.29, 1.82) is 0 Å². The van der Waals surface area contributed by atoms with Crippen molar-refractivity contribution in [3.05, 3.63) is 88.0 Å². The Bertz CT molecular complexity index is 1160. The lowest BCUT2D eigenvalue weighted by Crippen LogP contribution is -2.41. The van der Waals surface area contributed by atoms with Gasteiger partial charge in [0.2, 0.25) is 0 Å². The lowest BCUT2D eigenvalue weighted by atomic mass is 9.84. The third-order valence-electron chi connectivity index (χ3n) is 5.85. The van der Waals surface area contributed by atoms with Gasteiger partial charge in [-0.05, 0) is 53.8 Å². The summed E-state index contributed by atoms with van der Waals surface area (Å²) in [5.41, 5.74) is 2.59. The summed E-state index contributed by atoms with van der Waals surface area (Å²) < 4.78 is 6.08. The fraction of sp³-hybridized carbons (Fsp3) is 0.296. The summed E-state index contributed by atoms with van der Waals surface area (Å²) in [5, 5.41) is 13.3. The highest BCUT2D eigenvalue weighted by atomic mass is 32.2. The second kappa shape index (κ2) is 8.80. The first-order valence-electron chi connectivity index (χ1n) is 10.8. The van der Waals surface area contributed by atoms with Gasteiger partial charge in [0.1, 0.15) is 16.3 Å². The zero-order valence-electron chi connectivity index (χ0n) is 18.3. The number of aliphatic hydroxyl groups excluding tert-OH is 1. The number of hydrogen-bond acceptors (Lipinski definition) is 4. The van der Waals surface area contributed by atoms with Gasteiger partial charge in [-0.1, -0.05) is 79.7 Å². The molecule has 0 spiro atoms. The number of esters is 1. The normalized spacial score (nSPS) is 19.0. The topological polar surface area (TPSA) is 46.5 Å². The molecular weight excluding hydrogens is 404 g/mol. The largest absolute Gasteiger partial charge is 0.511 e. The van der Waals surface area contributed by atoms with Gasteiger partial charge in [0.15, 0.2) is 0 Å². The molecule has 0 saturated carbocycles. The molecule has 0 aliphatic carbocycles. The number of carbonyl (C=O) groups is 1. The van der Waals surface area contributed by atoms with E-state index < -0.39 is 11.6 Å². The number of hydrogen-bond donors (Lipinski definition) is 1. The highest BCUT2D eigenvalue weighted by molar-refractivity contribution is 8.04. The van der Waals surface area contributed by atoms with E-state index >= 15 is 0 Å². The molecule has 1 heterocycles. The number of carbonyl (C=O) groups excluding carboxylic acids is 1. The SMILES string of the molecule is CCCC1(Cc2ccc3ccccc3c2)CC(O)=C(Sc2cc(C)ccc2C)C(=O)O1. The fourth-order valence-corrected chi connectivity index (χ4v) is 5.32. The molecule has 1 atom stereocenters. The molecule has 1 N–H and O–H groups in total. The van der Waals surface area contributed by atoms with Crippen molar-refractivity contribution < 1.29 is 14.6 Å². The Labute approximate surface area is 188 Å². The monoisotopic (exact) mass is 432 g/mol. The third kappa shape index (κ3) is 4.64. The van der Waals surface area contributed by atoms with Crippen molar-refractivity contribution in [2.24, 2.45) is 0 Å². The number of benzene rings is 3. The smallest absolute Gasteiger partial charge is 0.349 e. The minimum Gasteiger partial charge on any atom is -0.511 e. The molecule has 0 amide bonds. The van der Waals surface area contributed by atoms with Crippen LogP contribution in [0.4, 0.5) is 0 Å². The molecule has 3 aromatic rings.